The molecule has 3 rings (SSSR count). The molecule has 0 fully saturated rings. The maximum atomic E-state index is 14.0. The van der Waals surface area contributed by atoms with Gasteiger partial charge >= 0.3 is 18.3 Å². The average molecular weight is 394 g/mol. The van der Waals surface area contributed by atoms with Gasteiger partial charge in [0.2, 0.25) is 0 Å². The zero-order valence-electron chi connectivity index (χ0n) is 13.1. The van der Waals surface area contributed by atoms with Crippen LogP contribution in [0.15, 0.2) is 30.6 Å². The topological polar surface area (TPSA) is 51.2 Å². The van der Waals surface area contributed by atoms with Gasteiger partial charge in [-0.05, 0) is 17.2 Å². The first-order chi connectivity index (χ1) is 12.5. The quantitative estimate of drug-likeness (QED) is 0.615. The number of benzene rings is 1. The molecule has 1 unspecified atom stereocenters. The molecule has 0 saturated heterocycles. The highest BCUT2D eigenvalue weighted by atomic mass is 19.4. The van der Waals surface area contributed by atoms with Crippen LogP contribution in [0.4, 0.5) is 30.7 Å². The maximum Gasteiger partial charge on any atom is 0.490 e. The summed E-state index contributed by atoms with van der Waals surface area (Å²) in [6, 6.07) is 3.48. The molecule has 27 heavy (non-hydrogen) atoms. The number of rotatable bonds is 2. The van der Waals surface area contributed by atoms with Crippen molar-refractivity contribution in [2.24, 2.45) is 0 Å². The van der Waals surface area contributed by atoms with Gasteiger partial charge in [-0.2, -0.15) is 26.3 Å². The fourth-order valence-corrected chi connectivity index (χ4v) is 2.71. The van der Waals surface area contributed by atoms with E-state index >= 15 is 0 Å². The van der Waals surface area contributed by atoms with E-state index in [0.717, 1.165) is 6.07 Å². The normalized spacial score (nSPS) is 16.9. The highest BCUT2D eigenvalue weighted by Crippen LogP contribution is 2.39. The van der Waals surface area contributed by atoms with Crippen LogP contribution in [0.1, 0.15) is 22.9 Å². The zero-order valence-corrected chi connectivity index (χ0v) is 13.1. The minimum absolute atomic E-state index is 0.0764. The van der Waals surface area contributed by atoms with Crippen LogP contribution in [-0.4, -0.2) is 17.1 Å². The van der Waals surface area contributed by atoms with E-state index in [1.807, 2.05) is 0 Å². The van der Waals surface area contributed by atoms with Crippen LogP contribution in [0.3, 0.4) is 0 Å². The van der Waals surface area contributed by atoms with Crippen molar-refractivity contribution < 1.29 is 40.3 Å². The van der Waals surface area contributed by atoms with Gasteiger partial charge in [0.05, 0.1) is 11.8 Å². The molecule has 0 bridgehead atoms. The molecule has 11 heteroatoms. The minimum Gasteiger partial charge on any atom is -0.436 e. The largest absolute Gasteiger partial charge is 0.490 e. The molecule has 0 aliphatic carbocycles. The van der Waals surface area contributed by atoms with E-state index in [4.69, 9.17) is 0 Å². The number of alkyl halides is 6. The van der Waals surface area contributed by atoms with E-state index in [1.54, 1.807) is 0 Å². The van der Waals surface area contributed by atoms with Crippen LogP contribution in [-0.2, 0) is 22.3 Å². The number of ether oxygens (including phenoxy) is 1. The number of nitrogens with zero attached hydrogens (tertiary/aromatic N) is 1. The number of nitrogens with one attached hydrogen (secondary N) is 1. The monoisotopic (exact) mass is 394 g/mol. The van der Waals surface area contributed by atoms with E-state index < -0.39 is 41.5 Å². The number of fused-ring (bicyclic) bond motifs is 1. The molecular formula is C16H9F7N2O2. The van der Waals surface area contributed by atoms with Crippen molar-refractivity contribution in [1.29, 1.82) is 0 Å². The Balaban J connectivity index is 1.97. The van der Waals surface area contributed by atoms with Gasteiger partial charge in [0.1, 0.15) is 5.82 Å². The molecule has 0 saturated carbocycles. The van der Waals surface area contributed by atoms with Crippen LogP contribution < -0.4 is 5.32 Å². The lowest BCUT2D eigenvalue weighted by atomic mass is 9.97. The summed E-state index contributed by atoms with van der Waals surface area (Å²) >= 11 is 0. The first-order valence-electron chi connectivity index (χ1n) is 7.33. The number of hydrogen-bond acceptors (Lipinski definition) is 4. The number of esters is 1. The van der Waals surface area contributed by atoms with Crippen LogP contribution in [0.25, 0.3) is 11.1 Å². The molecule has 1 aromatic carbocycles. The Bertz CT molecular complexity index is 893. The lowest BCUT2D eigenvalue weighted by Gasteiger charge is -2.16. The second-order valence-corrected chi connectivity index (χ2v) is 5.62. The summed E-state index contributed by atoms with van der Waals surface area (Å²) < 4.78 is 94.6. The lowest BCUT2D eigenvalue weighted by Crippen LogP contribution is -2.30. The Morgan fingerprint density at radius 3 is 2.48 bits per heavy atom. The molecule has 1 aromatic heterocycles. The molecule has 2 heterocycles. The number of halogens is 7. The van der Waals surface area contributed by atoms with Crippen LogP contribution in [0.2, 0.25) is 0 Å². The predicted molar refractivity (Wildman–Crippen MR) is 76.4 cm³/mol. The summed E-state index contributed by atoms with van der Waals surface area (Å²) in [6.07, 6.45) is -10.3. The second kappa shape index (κ2) is 6.48. The first-order valence-corrected chi connectivity index (χ1v) is 7.33. The lowest BCUT2D eigenvalue weighted by molar-refractivity contribution is -0.206. The molecule has 0 spiro atoms. The molecule has 2 aromatic rings. The Hall–Kier alpha value is -2.69. The van der Waals surface area contributed by atoms with Gasteiger partial charge in [0.15, 0.2) is 6.23 Å². The van der Waals surface area contributed by atoms with E-state index in [-0.39, 0.29) is 23.2 Å². The predicted octanol–water partition coefficient (Wildman–Crippen LogP) is 4.11. The Morgan fingerprint density at radius 1 is 1.15 bits per heavy atom. The van der Waals surface area contributed by atoms with E-state index in [0.29, 0.717) is 12.4 Å². The Kier molecular flexibility index (Phi) is 4.58. The van der Waals surface area contributed by atoms with Gasteiger partial charge in [0, 0.05) is 23.9 Å². The highest BCUT2D eigenvalue weighted by Gasteiger charge is 2.43. The van der Waals surface area contributed by atoms with Crippen LogP contribution in [0, 0.1) is 5.82 Å². The summed E-state index contributed by atoms with van der Waals surface area (Å²) in [6.45, 7) is -0.0764. The van der Waals surface area contributed by atoms with E-state index in [1.165, 1.54) is 12.1 Å². The third-order valence-electron chi connectivity index (χ3n) is 3.85. The van der Waals surface area contributed by atoms with Crippen molar-refractivity contribution in [3.8, 4) is 11.1 Å². The molecule has 0 amide bonds. The molecular weight excluding hydrogens is 385 g/mol. The van der Waals surface area contributed by atoms with Gasteiger partial charge in [-0.1, -0.05) is 12.1 Å². The van der Waals surface area contributed by atoms with Crippen LogP contribution in [0.5, 0.6) is 0 Å². The number of hydrogen-bond donors (Lipinski definition) is 1. The fourth-order valence-electron chi connectivity index (χ4n) is 2.71. The van der Waals surface area contributed by atoms with E-state index in [2.05, 4.69) is 15.0 Å². The van der Waals surface area contributed by atoms with Crippen molar-refractivity contribution >= 4 is 5.97 Å². The third-order valence-corrected chi connectivity index (χ3v) is 3.85. The summed E-state index contributed by atoms with van der Waals surface area (Å²) in [5.74, 6) is -3.60. The summed E-state index contributed by atoms with van der Waals surface area (Å²) in [5, 5.41) is 2.49. The SMILES string of the molecule is O=C(OC1NCc2cc(-c3c(F)cncc3C(F)(F)F)ccc21)C(F)(F)F. The molecule has 4 nitrogen and oxygen atoms in total. The van der Waals surface area contributed by atoms with E-state index in [9.17, 15) is 35.5 Å². The number of aromatic nitrogens is 1. The Labute approximate surface area is 147 Å². The first kappa shape index (κ1) is 19.1. The summed E-state index contributed by atoms with van der Waals surface area (Å²) in [7, 11) is 0. The average Bonchev–Trinajstić information content (AvgIpc) is 2.95. The molecule has 1 N–H and O–H groups in total. The summed E-state index contributed by atoms with van der Waals surface area (Å²) in [5.41, 5.74) is -1.73. The van der Waals surface area contributed by atoms with Gasteiger partial charge in [-0.25, -0.2) is 9.18 Å². The third kappa shape index (κ3) is 3.72. The van der Waals surface area contributed by atoms with Gasteiger partial charge in [-0.15, -0.1) is 0 Å². The smallest absolute Gasteiger partial charge is 0.436 e. The van der Waals surface area contributed by atoms with Gasteiger partial charge in [0.25, 0.3) is 0 Å². The standard InChI is InChI=1S/C16H9F7N2O2/c17-11-6-24-5-10(15(18,19)20)12(11)7-1-2-9-8(3-7)4-25-13(9)27-14(26)16(21,22)23/h1-3,5-6,13,25H,4H2. The van der Waals surface area contributed by atoms with Gasteiger partial charge < -0.3 is 4.74 Å². The minimum atomic E-state index is -5.19. The van der Waals surface area contributed by atoms with Crippen molar-refractivity contribution in [2.75, 3.05) is 0 Å². The van der Waals surface area contributed by atoms with Crippen molar-refractivity contribution in [1.82, 2.24) is 10.3 Å². The molecule has 144 valence electrons. The highest BCUT2D eigenvalue weighted by molar-refractivity contribution is 5.76. The maximum absolute atomic E-state index is 14.0. The van der Waals surface area contributed by atoms with Gasteiger partial charge in [-0.3, -0.25) is 10.3 Å². The Morgan fingerprint density at radius 2 is 1.85 bits per heavy atom. The number of carbonyl (C=O) groups is 1. The van der Waals surface area contributed by atoms with Crippen molar-refractivity contribution in [3.05, 3.63) is 53.1 Å². The molecule has 0 radical (unpaired) electrons. The molecule has 1 atom stereocenters. The molecule has 1 aliphatic heterocycles. The van der Waals surface area contributed by atoms with Crippen LogP contribution >= 0.6 is 0 Å². The number of carbonyl (C=O) groups excluding carboxylic acids is 1. The number of pyridine rings is 1. The second-order valence-electron chi connectivity index (χ2n) is 5.62. The fraction of sp³-hybridized carbons (Fsp3) is 0.250. The molecule has 1 aliphatic rings. The zero-order chi connectivity index (χ0) is 20.0. The van der Waals surface area contributed by atoms with Crippen molar-refractivity contribution in [3.63, 3.8) is 0 Å². The summed E-state index contributed by atoms with van der Waals surface area (Å²) in [4.78, 5) is 14.2. The van der Waals surface area contributed by atoms with Crippen molar-refractivity contribution in [2.45, 2.75) is 25.1 Å².